The van der Waals surface area contributed by atoms with E-state index in [4.69, 9.17) is 11.6 Å². The first kappa shape index (κ1) is 15.8. The molecule has 8 heteroatoms. The second-order valence-corrected chi connectivity index (χ2v) is 6.88. The van der Waals surface area contributed by atoms with Crippen molar-refractivity contribution in [3.05, 3.63) is 24.0 Å². The van der Waals surface area contributed by atoms with Crippen LogP contribution in [0.15, 0.2) is 23.1 Å². The molecule has 2 rings (SSSR count). The highest BCUT2D eigenvalue weighted by Gasteiger charge is 2.18. The number of carbonyl (C=O) groups is 1. The lowest BCUT2D eigenvalue weighted by atomic mass is 10.3. The highest BCUT2D eigenvalue weighted by atomic mass is 35.5. The first-order chi connectivity index (χ1) is 9.88. The van der Waals surface area contributed by atoms with E-state index >= 15 is 0 Å². The van der Waals surface area contributed by atoms with Gasteiger partial charge in [0.1, 0.15) is 11.3 Å². The molecule has 0 bridgehead atoms. The number of amides is 1. The highest BCUT2D eigenvalue weighted by molar-refractivity contribution is 7.91. The molecule has 0 aliphatic carbocycles. The first-order valence-electron chi connectivity index (χ1n) is 6.33. The number of imidazole rings is 1. The highest BCUT2D eigenvalue weighted by Crippen LogP contribution is 2.24. The molecular weight excluding hydrogens is 314 g/mol. The van der Waals surface area contributed by atoms with E-state index in [1.807, 2.05) is 0 Å². The van der Waals surface area contributed by atoms with Crippen LogP contribution < -0.4 is 5.32 Å². The lowest BCUT2D eigenvalue weighted by Gasteiger charge is -2.07. The molecule has 6 nitrogen and oxygen atoms in total. The number of aromatic nitrogens is 2. The largest absolute Gasteiger partial charge is 0.359 e. The number of halogens is 1. The van der Waals surface area contributed by atoms with Gasteiger partial charge in [-0.25, -0.2) is 13.4 Å². The van der Waals surface area contributed by atoms with Crippen molar-refractivity contribution in [2.24, 2.45) is 0 Å². The number of hydrogen-bond donors (Lipinski definition) is 1. The Labute approximate surface area is 128 Å². The molecule has 1 aromatic carbocycles. The lowest BCUT2D eigenvalue weighted by molar-refractivity contribution is -0.120. The van der Waals surface area contributed by atoms with Gasteiger partial charge in [-0.1, -0.05) is 6.07 Å². The zero-order chi connectivity index (χ0) is 15.6. The molecule has 0 aliphatic heterocycles. The Morgan fingerprint density at radius 2 is 2.14 bits per heavy atom. The summed E-state index contributed by atoms with van der Waals surface area (Å²) >= 11 is 5.89. The molecule has 21 heavy (non-hydrogen) atoms. The number of carbonyl (C=O) groups excluding carboxylic acids is 1. The Kier molecular flexibility index (Phi) is 4.53. The third-order valence-electron chi connectivity index (χ3n) is 3.18. The van der Waals surface area contributed by atoms with Crippen molar-refractivity contribution in [1.82, 2.24) is 14.9 Å². The van der Waals surface area contributed by atoms with Gasteiger partial charge in [0.2, 0.25) is 5.91 Å². The minimum atomic E-state index is -3.38. The molecule has 1 N–H and O–H groups in total. The van der Waals surface area contributed by atoms with Crippen molar-refractivity contribution in [2.75, 3.05) is 13.3 Å². The molecule has 0 unspecified atom stereocenters. The minimum Gasteiger partial charge on any atom is -0.359 e. The molecule has 0 aliphatic rings. The zero-order valence-electron chi connectivity index (χ0n) is 11.8. The fourth-order valence-corrected chi connectivity index (χ4v) is 3.19. The van der Waals surface area contributed by atoms with E-state index in [9.17, 15) is 13.2 Å². The second kappa shape index (κ2) is 6.03. The molecule has 0 saturated heterocycles. The number of hydrogen-bond acceptors (Lipinski definition) is 4. The van der Waals surface area contributed by atoms with Crippen molar-refractivity contribution >= 4 is 38.4 Å². The number of rotatable bonds is 5. The minimum absolute atomic E-state index is 0.100. The van der Waals surface area contributed by atoms with Crippen molar-refractivity contribution in [1.29, 1.82) is 0 Å². The predicted octanol–water partition coefficient (Wildman–Crippen LogP) is 1.31. The van der Waals surface area contributed by atoms with Crippen LogP contribution in [0.4, 0.5) is 0 Å². The SMILES string of the molecule is CNC(=O)CCn1c(CCl)nc2c(S(C)(=O)=O)cccc21. The normalized spacial score (nSPS) is 11.8. The maximum Gasteiger partial charge on any atom is 0.221 e. The van der Waals surface area contributed by atoms with Crippen molar-refractivity contribution in [3.8, 4) is 0 Å². The molecule has 1 aromatic heterocycles. The molecule has 1 amide bonds. The van der Waals surface area contributed by atoms with Gasteiger partial charge in [-0.3, -0.25) is 4.79 Å². The van der Waals surface area contributed by atoms with Gasteiger partial charge in [0.15, 0.2) is 9.84 Å². The van der Waals surface area contributed by atoms with Crippen LogP contribution in [0.1, 0.15) is 12.2 Å². The summed E-state index contributed by atoms with van der Waals surface area (Å²) in [5.41, 5.74) is 1.06. The molecular formula is C13H16ClN3O3S. The van der Waals surface area contributed by atoms with Crippen LogP contribution in [0.5, 0.6) is 0 Å². The van der Waals surface area contributed by atoms with Crippen LogP contribution in [-0.4, -0.2) is 37.2 Å². The maximum absolute atomic E-state index is 11.8. The Bertz CT molecular complexity index is 783. The Morgan fingerprint density at radius 1 is 1.43 bits per heavy atom. The van der Waals surface area contributed by atoms with Crippen LogP contribution in [0.25, 0.3) is 11.0 Å². The summed E-state index contributed by atoms with van der Waals surface area (Å²) in [7, 11) is -1.81. The number of nitrogens with zero attached hydrogens (tertiary/aromatic N) is 2. The topological polar surface area (TPSA) is 81.1 Å². The summed E-state index contributed by atoms with van der Waals surface area (Å²) in [5, 5.41) is 2.55. The molecule has 114 valence electrons. The van der Waals surface area contributed by atoms with Gasteiger partial charge in [-0.2, -0.15) is 0 Å². The van der Waals surface area contributed by atoms with Crippen molar-refractivity contribution in [2.45, 2.75) is 23.7 Å². The second-order valence-electron chi connectivity index (χ2n) is 4.63. The van der Waals surface area contributed by atoms with E-state index in [0.717, 1.165) is 6.26 Å². The summed E-state index contributed by atoms with van der Waals surface area (Å²) in [5.74, 6) is 0.592. The van der Waals surface area contributed by atoms with Gasteiger partial charge in [-0.15, -0.1) is 11.6 Å². The monoisotopic (exact) mass is 329 g/mol. The van der Waals surface area contributed by atoms with Gasteiger partial charge < -0.3 is 9.88 Å². The predicted molar refractivity (Wildman–Crippen MR) is 81.1 cm³/mol. The molecule has 0 radical (unpaired) electrons. The number of benzene rings is 1. The lowest BCUT2D eigenvalue weighted by Crippen LogP contribution is -2.20. The van der Waals surface area contributed by atoms with E-state index in [2.05, 4.69) is 10.3 Å². The van der Waals surface area contributed by atoms with Gasteiger partial charge >= 0.3 is 0 Å². The Hall–Kier alpha value is -1.60. The van der Waals surface area contributed by atoms with Crippen molar-refractivity contribution < 1.29 is 13.2 Å². The van der Waals surface area contributed by atoms with Crippen molar-refractivity contribution in [3.63, 3.8) is 0 Å². The molecule has 0 fully saturated rings. The number of para-hydroxylation sites is 1. The average Bonchev–Trinajstić information content (AvgIpc) is 2.81. The van der Waals surface area contributed by atoms with Gasteiger partial charge in [0, 0.05) is 26.3 Å². The molecule has 2 aromatic rings. The average molecular weight is 330 g/mol. The number of aryl methyl sites for hydroxylation is 1. The smallest absolute Gasteiger partial charge is 0.221 e. The standard InChI is InChI=1S/C13H16ClN3O3S/c1-15-12(18)6-7-17-9-4-3-5-10(21(2,19)20)13(9)16-11(17)8-14/h3-5H,6-8H2,1-2H3,(H,15,18). The number of sulfone groups is 1. The Morgan fingerprint density at radius 3 is 2.71 bits per heavy atom. The maximum atomic E-state index is 11.8. The fraction of sp³-hybridized carbons (Fsp3) is 0.385. The van der Waals surface area contributed by atoms with Crippen LogP contribution in [0.2, 0.25) is 0 Å². The van der Waals surface area contributed by atoms with E-state index in [1.165, 1.54) is 6.07 Å². The van der Waals surface area contributed by atoms with E-state index < -0.39 is 9.84 Å². The first-order valence-corrected chi connectivity index (χ1v) is 8.75. The number of alkyl halides is 1. The van der Waals surface area contributed by atoms with Crippen LogP contribution in [-0.2, 0) is 27.1 Å². The molecule has 0 atom stereocenters. The van der Waals surface area contributed by atoms with Crippen LogP contribution in [0.3, 0.4) is 0 Å². The molecule has 1 heterocycles. The van der Waals surface area contributed by atoms with Crippen LogP contribution >= 0.6 is 11.6 Å². The van der Waals surface area contributed by atoms with E-state index in [1.54, 1.807) is 23.7 Å². The van der Waals surface area contributed by atoms with Gasteiger partial charge in [-0.05, 0) is 12.1 Å². The number of nitrogens with one attached hydrogen (secondary N) is 1. The molecule has 0 saturated carbocycles. The summed E-state index contributed by atoms with van der Waals surface area (Å²) in [6.07, 6.45) is 1.42. The summed E-state index contributed by atoms with van der Waals surface area (Å²) in [6.45, 7) is 0.394. The summed E-state index contributed by atoms with van der Waals surface area (Å²) < 4.78 is 25.4. The van der Waals surface area contributed by atoms with Crippen LogP contribution in [0, 0.1) is 0 Å². The summed E-state index contributed by atoms with van der Waals surface area (Å²) in [4.78, 5) is 15.9. The fourth-order valence-electron chi connectivity index (χ4n) is 2.16. The molecule has 0 spiro atoms. The van der Waals surface area contributed by atoms with E-state index in [0.29, 0.717) is 23.4 Å². The zero-order valence-corrected chi connectivity index (χ0v) is 13.3. The number of fused-ring (bicyclic) bond motifs is 1. The third-order valence-corrected chi connectivity index (χ3v) is 4.55. The van der Waals surface area contributed by atoms with Gasteiger partial charge in [0.25, 0.3) is 0 Å². The van der Waals surface area contributed by atoms with Gasteiger partial charge in [0.05, 0.1) is 16.3 Å². The summed E-state index contributed by atoms with van der Waals surface area (Å²) in [6, 6.07) is 4.96. The van der Waals surface area contributed by atoms with E-state index in [-0.39, 0.29) is 23.1 Å². The quantitative estimate of drug-likeness (QED) is 0.839. The third kappa shape index (κ3) is 3.19. The Balaban J connectivity index is 2.57.